The molecule has 1 aliphatic heterocycles. The third-order valence-corrected chi connectivity index (χ3v) is 8.10. The van der Waals surface area contributed by atoms with Crippen molar-refractivity contribution in [3.63, 3.8) is 0 Å². The van der Waals surface area contributed by atoms with E-state index < -0.39 is 24.4 Å². The van der Waals surface area contributed by atoms with E-state index in [4.69, 9.17) is 27.9 Å². The van der Waals surface area contributed by atoms with Gasteiger partial charge in [-0.25, -0.2) is 4.79 Å². The number of Topliss-reactive ketones (excluding diaryl/α,β-unsaturated/α-hetero) is 1. The van der Waals surface area contributed by atoms with Gasteiger partial charge in [0.2, 0.25) is 17.6 Å². The first kappa shape index (κ1) is 22.6. The number of carbonyl (C=O) groups excluding carboxylic acids is 4. The van der Waals surface area contributed by atoms with Crippen LogP contribution in [-0.4, -0.2) is 41.1 Å². The van der Waals surface area contributed by atoms with E-state index in [0.717, 1.165) is 11.3 Å². The van der Waals surface area contributed by atoms with Crippen molar-refractivity contribution in [3.8, 4) is 0 Å². The molecular weight excluding hydrogens is 465 g/mol. The van der Waals surface area contributed by atoms with Crippen LogP contribution in [0.3, 0.4) is 0 Å². The van der Waals surface area contributed by atoms with Gasteiger partial charge in [-0.3, -0.25) is 19.3 Å². The molecule has 0 N–H and O–H groups in total. The molecule has 0 spiro atoms. The fraction of sp³-hybridized carbons (Fsp3) is 0.520. The molecule has 1 heterocycles. The Kier molecular flexibility index (Phi) is 5.65. The summed E-state index contributed by atoms with van der Waals surface area (Å²) in [6.45, 7) is 3.30. The van der Waals surface area contributed by atoms with E-state index in [1.165, 1.54) is 18.2 Å². The normalized spacial score (nSPS) is 32.1. The van der Waals surface area contributed by atoms with Crippen LogP contribution >= 0.6 is 23.2 Å². The summed E-state index contributed by atoms with van der Waals surface area (Å²) >= 11 is 12.0. The smallest absolute Gasteiger partial charge is 0.329 e. The number of halogens is 2. The number of rotatable bonds is 7. The second-order valence-electron chi connectivity index (χ2n) is 10.0. The predicted octanol–water partition coefficient (Wildman–Crippen LogP) is 4.19. The van der Waals surface area contributed by atoms with Gasteiger partial charge in [0.1, 0.15) is 6.04 Å². The number of nitrogens with zero attached hydrogens (tertiary/aromatic N) is 1. The van der Waals surface area contributed by atoms with Gasteiger partial charge in [-0.15, -0.1) is 0 Å². The summed E-state index contributed by atoms with van der Waals surface area (Å²) in [4.78, 5) is 53.7. The van der Waals surface area contributed by atoms with Gasteiger partial charge in [0, 0.05) is 10.6 Å². The van der Waals surface area contributed by atoms with Gasteiger partial charge in [0.25, 0.3) is 0 Å². The van der Waals surface area contributed by atoms with E-state index in [9.17, 15) is 19.2 Å². The fourth-order valence-electron chi connectivity index (χ4n) is 6.07. The van der Waals surface area contributed by atoms with Crippen LogP contribution in [0.5, 0.6) is 0 Å². The monoisotopic (exact) mass is 489 g/mol. The Morgan fingerprint density at radius 1 is 1.06 bits per heavy atom. The Morgan fingerprint density at radius 2 is 1.67 bits per heavy atom. The van der Waals surface area contributed by atoms with E-state index in [-0.39, 0.29) is 58.4 Å². The number of benzene rings is 1. The van der Waals surface area contributed by atoms with Crippen molar-refractivity contribution in [3.05, 3.63) is 46.0 Å². The SMILES string of the molecule is CC(C)CC(C(=O)OCC(=O)c1ccc(Cl)cc1Cl)N1C(=O)C2C3C=CC(C4CC34)C2C1=O. The summed E-state index contributed by atoms with van der Waals surface area (Å²) in [5.74, 6) is -1.38. The van der Waals surface area contributed by atoms with E-state index in [2.05, 4.69) is 12.2 Å². The molecule has 3 fully saturated rings. The Labute approximate surface area is 202 Å². The molecule has 4 aliphatic carbocycles. The van der Waals surface area contributed by atoms with Crippen LogP contribution in [0.4, 0.5) is 0 Å². The number of likely N-dealkylation sites (tertiary alicyclic amines) is 1. The maximum Gasteiger partial charge on any atom is 0.329 e. The summed E-state index contributed by atoms with van der Waals surface area (Å²) in [6, 6.07) is 3.40. The van der Waals surface area contributed by atoms with E-state index >= 15 is 0 Å². The number of allylic oxidation sites excluding steroid dienone is 2. The molecule has 2 amide bonds. The van der Waals surface area contributed by atoms with Crippen LogP contribution in [0.2, 0.25) is 10.0 Å². The zero-order valence-corrected chi connectivity index (χ0v) is 19.9. The largest absolute Gasteiger partial charge is 0.456 e. The van der Waals surface area contributed by atoms with Crippen molar-refractivity contribution in [2.45, 2.75) is 32.7 Å². The van der Waals surface area contributed by atoms with Crippen molar-refractivity contribution in [1.29, 1.82) is 0 Å². The molecule has 1 aromatic rings. The van der Waals surface area contributed by atoms with Crippen molar-refractivity contribution in [2.75, 3.05) is 6.61 Å². The number of ketones is 1. The highest BCUT2D eigenvalue weighted by Gasteiger charge is 2.68. The maximum absolute atomic E-state index is 13.4. The molecule has 174 valence electrons. The molecule has 6 nitrogen and oxygen atoms in total. The third-order valence-electron chi connectivity index (χ3n) is 7.55. The second-order valence-corrected chi connectivity index (χ2v) is 10.8. The summed E-state index contributed by atoms with van der Waals surface area (Å²) in [5.41, 5.74) is 0.190. The van der Waals surface area contributed by atoms with Crippen LogP contribution in [0.15, 0.2) is 30.4 Å². The van der Waals surface area contributed by atoms with E-state index in [0.29, 0.717) is 16.9 Å². The molecule has 7 unspecified atom stereocenters. The predicted molar refractivity (Wildman–Crippen MR) is 122 cm³/mol. The fourth-order valence-corrected chi connectivity index (χ4v) is 6.58. The lowest BCUT2D eigenvalue weighted by atomic mass is 9.63. The Hall–Kier alpha value is -2.18. The molecule has 6 rings (SSSR count). The van der Waals surface area contributed by atoms with E-state index in [1.54, 1.807) is 0 Å². The lowest BCUT2D eigenvalue weighted by molar-refractivity contribution is -0.159. The molecule has 7 atom stereocenters. The topological polar surface area (TPSA) is 80.8 Å². The van der Waals surface area contributed by atoms with Gasteiger partial charge in [0.15, 0.2) is 6.61 Å². The average Bonchev–Trinajstić information content (AvgIpc) is 3.54. The average molecular weight is 490 g/mol. The van der Waals surface area contributed by atoms with Gasteiger partial charge < -0.3 is 4.74 Å². The molecular formula is C25H25Cl2NO5. The van der Waals surface area contributed by atoms with Crippen molar-refractivity contribution in [1.82, 2.24) is 4.90 Å². The first-order valence-electron chi connectivity index (χ1n) is 11.4. The lowest BCUT2D eigenvalue weighted by Crippen LogP contribution is -2.47. The molecule has 0 aromatic heterocycles. The van der Waals surface area contributed by atoms with Crippen molar-refractivity contribution < 1.29 is 23.9 Å². The molecule has 2 bridgehead atoms. The van der Waals surface area contributed by atoms with Crippen molar-refractivity contribution in [2.24, 2.45) is 41.4 Å². The highest BCUT2D eigenvalue weighted by Crippen LogP contribution is 2.65. The van der Waals surface area contributed by atoms with Gasteiger partial charge in [0.05, 0.1) is 16.9 Å². The summed E-state index contributed by atoms with van der Waals surface area (Å²) < 4.78 is 5.33. The number of amides is 2. The quantitative estimate of drug-likeness (QED) is 0.248. The van der Waals surface area contributed by atoms with Crippen LogP contribution in [0, 0.1) is 41.4 Å². The summed E-state index contributed by atoms with van der Waals surface area (Å²) in [6.07, 6.45) is 5.54. The molecule has 2 saturated carbocycles. The molecule has 1 saturated heterocycles. The maximum atomic E-state index is 13.4. The molecule has 5 aliphatic rings. The minimum atomic E-state index is -1.04. The zero-order valence-electron chi connectivity index (χ0n) is 18.4. The lowest BCUT2D eigenvalue weighted by Gasteiger charge is -2.37. The number of carbonyl (C=O) groups is 4. The zero-order chi connectivity index (χ0) is 23.6. The second kappa shape index (κ2) is 8.24. The molecule has 1 aromatic carbocycles. The summed E-state index contributed by atoms with van der Waals surface area (Å²) in [5, 5.41) is 0.553. The minimum Gasteiger partial charge on any atom is -0.456 e. The van der Waals surface area contributed by atoms with Gasteiger partial charge >= 0.3 is 5.97 Å². The Bertz CT molecular complexity index is 1050. The van der Waals surface area contributed by atoms with Gasteiger partial charge in [-0.2, -0.15) is 0 Å². The minimum absolute atomic E-state index is 0.0374. The Morgan fingerprint density at radius 3 is 2.21 bits per heavy atom. The van der Waals surface area contributed by atoms with Crippen LogP contribution in [0.1, 0.15) is 37.0 Å². The number of ether oxygens (including phenoxy) is 1. The van der Waals surface area contributed by atoms with Crippen LogP contribution in [-0.2, 0) is 19.1 Å². The van der Waals surface area contributed by atoms with Gasteiger partial charge in [-0.1, -0.05) is 49.2 Å². The highest BCUT2D eigenvalue weighted by atomic mass is 35.5. The Balaban J connectivity index is 1.33. The van der Waals surface area contributed by atoms with E-state index in [1.807, 2.05) is 13.8 Å². The number of hydrogen-bond acceptors (Lipinski definition) is 5. The number of imide groups is 1. The van der Waals surface area contributed by atoms with Crippen LogP contribution in [0.25, 0.3) is 0 Å². The van der Waals surface area contributed by atoms with Gasteiger partial charge in [-0.05, 0) is 60.6 Å². The highest BCUT2D eigenvalue weighted by molar-refractivity contribution is 6.36. The number of esters is 1. The third kappa shape index (κ3) is 3.71. The molecule has 8 heteroatoms. The first-order valence-corrected chi connectivity index (χ1v) is 12.1. The molecule has 0 radical (unpaired) electrons. The standard InChI is InChI=1S/C25H25Cl2NO5/c1-11(2)7-19(25(32)33-10-20(29)15-4-3-12(26)8-18(15)27)28-23(30)21-13-5-6-14(17-9-16(13)17)22(21)24(28)31/h3-6,8,11,13-14,16-17,19,21-22H,7,9-10H2,1-2H3. The number of hydrogen-bond donors (Lipinski definition) is 0. The molecule has 33 heavy (non-hydrogen) atoms. The van der Waals surface area contributed by atoms with Crippen molar-refractivity contribution >= 4 is 46.8 Å². The first-order chi connectivity index (χ1) is 15.7. The summed E-state index contributed by atoms with van der Waals surface area (Å²) in [7, 11) is 0. The van der Waals surface area contributed by atoms with Crippen LogP contribution < -0.4 is 0 Å².